The van der Waals surface area contributed by atoms with E-state index in [1.807, 2.05) is 0 Å². The smallest absolute Gasteiger partial charge is 0.416 e. The molecule has 0 saturated carbocycles. The summed E-state index contributed by atoms with van der Waals surface area (Å²) in [5.74, 6) is 0.284. The van der Waals surface area contributed by atoms with E-state index in [2.05, 4.69) is 9.97 Å². The van der Waals surface area contributed by atoms with Crippen LogP contribution in [0, 0.1) is 0 Å². The van der Waals surface area contributed by atoms with Crippen LogP contribution in [0.1, 0.15) is 23.0 Å². The fourth-order valence-electron chi connectivity index (χ4n) is 2.09. The van der Waals surface area contributed by atoms with Crippen LogP contribution in [0.4, 0.5) is 13.2 Å². The molecule has 2 aromatic rings. The molecule has 1 aliphatic rings. The Bertz CT molecular complexity index is 656. The maximum absolute atomic E-state index is 12.5. The van der Waals surface area contributed by atoms with Gasteiger partial charge in [-0.2, -0.15) is 13.2 Å². The Morgan fingerprint density at radius 1 is 1.13 bits per heavy atom. The lowest BCUT2D eigenvalue weighted by Crippen LogP contribution is -2.07. The molecule has 1 aliphatic heterocycles. The fourth-order valence-corrected chi connectivity index (χ4v) is 2.09. The lowest BCUT2D eigenvalue weighted by atomic mass is 10.1. The van der Waals surface area contributed by atoms with Crippen molar-refractivity contribution in [2.75, 3.05) is 13.2 Å². The van der Waals surface area contributed by atoms with Crippen molar-refractivity contribution < 1.29 is 27.4 Å². The number of aromatic nitrogens is 2. The van der Waals surface area contributed by atoms with Crippen LogP contribution in [0.2, 0.25) is 0 Å². The number of alkyl halides is 3. The first-order chi connectivity index (χ1) is 11.0. The van der Waals surface area contributed by atoms with Crippen molar-refractivity contribution in [2.24, 2.45) is 0 Å². The summed E-state index contributed by atoms with van der Waals surface area (Å²) in [5, 5.41) is 0. The third kappa shape index (κ3) is 3.77. The molecule has 1 aromatic heterocycles. The molecule has 0 N–H and O–H groups in total. The molecule has 0 bridgehead atoms. The monoisotopic (exact) mass is 326 g/mol. The molecule has 0 aliphatic carbocycles. The minimum Gasteiger partial charge on any atom is -0.472 e. The van der Waals surface area contributed by atoms with E-state index in [1.165, 1.54) is 24.7 Å². The molecule has 8 heteroatoms. The van der Waals surface area contributed by atoms with Gasteiger partial charge in [0.1, 0.15) is 12.9 Å². The van der Waals surface area contributed by atoms with E-state index in [4.69, 9.17) is 14.2 Å². The second kappa shape index (κ2) is 6.51. The molecule has 2 heterocycles. The summed E-state index contributed by atoms with van der Waals surface area (Å²) in [6.45, 7) is 1.02. The Morgan fingerprint density at radius 2 is 1.83 bits per heavy atom. The summed E-state index contributed by atoms with van der Waals surface area (Å²) in [6.07, 6.45) is -2.08. The first kappa shape index (κ1) is 15.7. The summed E-state index contributed by atoms with van der Waals surface area (Å²) in [7, 11) is 0. The molecule has 5 nitrogen and oxygen atoms in total. The second-order valence-corrected chi connectivity index (χ2v) is 4.84. The predicted octanol–water partition coefficient (Wildman–Crippen LogP) is 3.12. The molecular weight excluding hydrogens is 313 g/mol. The van der Waals surface area contributed by atoms with E-state index in [-0.39, 0.29) is 12.5 Å². The summed E-state index contributed by atoms with van der Waals surface area (Å²) in [5.41, 5.74) is 0.449. The zero-order valence-corrected chi connectivity index (χ0v) is 11.9. The number of benzene rings is 1. The van der Waals surface area contributed by atoms with Gasteiger partial charge in [0.25, 0.3) is 0 Å². The highest BCUT2D eigenvalue weighted by Gasteiger charge is 2.30. The maximum atomic E-state index is 12.5. The van der Waals surface area contributed by atoms with Gasteiger partial charge in [-0.3, -0.25) is 0 Å². The summed E-state index contributed by atoms with van der Waals surface area (Å²) in [4.78, 5) is 7.93. The summed E-state index contributed by atoms with van der Waals surface area (Å²) >= 11 is 0. The van der Waals surface area contributed by atoms with Crippen LogP contribution in [0.15, 0.2) is 36.8 Å². The molecule has 1 fully saturated rings. The first-order valence-electron chi connectivity index (χ1n) is 6.86. The molecule has 3 rings (SSSR count). The van der Waals surface area contributed by atoms with Gasteiger partial charge in [0.2, 0.25) is 5.88 Å². The van der Waals surface area contributed by atoms with E-state index in [1.54, 1.807) is 0 Å². The fraction of sp³-hybridized carbons (Fsp3) is 0.333. The van der Waals surface area contributed by atoms with Crippen LogP contribution in [0.5, 0.6) is 5.88 Å². The minimum atomic E-state index is -4.35. The molecule has 23 heavy (non-hydrogen) atoms. The lowest BCUT2D eigenvalue weighted by Gasteiger charge is -2.14. The molecule has 122 valence electrons. The first-order valence-corrected chi connectivity index (χ1v) is 6.86. The number of halogens is 3. The van der Waals surface area contributed by atoms with Crippen molar-refractivity contribution >= 4 is 0 Å². The van der Waals surface area contributed by atoms with Crippen molar-refractivity contribution in [3.63, 3.8) is 0 Å². The maximum Gasteiger partial charge on any atom is 0.416 e. The lowest BCUT2D eigenvalue weighted by molar-refractivity contribution is -0.137. The molecule has 0 radical (unpaired) electrons. The van der Waals surface area contributed by atoms with Gasteiger partial charge in [-0.05, 0) is 17.7 Å². The Hall–Kier alpha value is -2.19. The summed E-state index contributed by atoms with van der Waals surface area (Å²) in [6, 6.07) is 4.77. The van der Waals surface area contributed by atoms with Crippen LogP contribution in [0.25, 0.3) is 0 Å². The van der Waals surface area contributed by atoms with Crippen LogP contribution in [-0.4, -0.2) is 23.2 Å². The van der Waals surface area contributed by atoms with Gasteiger partial charge >= 0.3 is 6.18 Å². The normalized spacial score (nSPS) is 15.8. The number of nitrogens with zero attached hydrogens (tertiary/aromatic N) is 2. The van der Waals surface area contributed by atoms with Gasteiger partial charge in [0, 0.05) is 6.20 Å². The van der Waals surface area contributed by atoms with Crippen LogP contribution >= 0.6 is 0 Å². The number of hydrogen-bond acceptors (Lipinski definition) is 5. The third-order valence-corrected chi connectivity index (χ3v) is 3.23. The summed E-state index contributed by atoms with van der Waals surface area (Å²) < 4.78 is 53.9. The molecule has 1 saturated heterocycles. The molecule has 0 unspecified atom stereocenters. The minimum absolute atomic E-state index is 0.0782. The Kier molecular flexibility index (Phi) is 4.44. The van der Waals surface area contributed by atoms with E-state index >= 15 is 0 Å². The zero-order chi connectivity index (χ0) is 16.3. The van der Waals surface area contributed by atoms with Crippen molar-refractivity contribution in [3.05, 3.63) is 53.5 Å². The van der Waals surface area contributed by atoms with Gasteiger partial charge in [-0.25, -0.2) is 9.97 Å². The van der Waals surface area contributed by atoms with Crippen molar-refractivity contribution in [3.8, 4) is 5.88 Å². The second-order valence-electron chi connectivity index (χ2n) is 4.84. The molecule has 0 amide bonds. The number of ether oxygens (including phenoxy) is 3. The molecule has 1 aromatic carbocycles. The SMILES string of the molecule is FC(F)(F)c1ccc(COc2ncncc2C2OCCO2)cc1. The zero-order valence-electron chi connectivity index (χ0n) is 11.9. The van der Waals surface area contributed by atoms with Crippen LogP contribution < -0.4 is 4.74 Å². The average Bonchev–Trinajstić information content (AvgIpc) is 3.07. The van der Waals surface area contributed by atoms with Gasteiger partial charge < -0.3 is 14.2 Å². The van der Waals surface area contributed by atoms with E-state index in [0.29, 0.717) is 24.3 Å². The number of hydrogen-bond donors (Lipinski definition) is 0. The van der Waals surface area contributed by atoms with Gasteiger partial charge in [-0.1, -0.05) is 12.1 Å². The van der Waals surface area contributed by atoms with Crippen molar-refractivity contribution in [2.45, 2.75) is 19.1 Å². The van der Waals surface area contributed by atoms with Crippen molar-refractivity contribution in [1.82, 2.24) is 9.97 Å². The average molecular weight is 326 g/mol. The van der Waals surface area contributed by atoms with E-state index in [0.717, 1.165) is 12.1 Å². The largest absolute Gasteiger partial charge is 0.472 e. The van der Waals surface area contributed by atoms with Crippen LogP contribution in [-0.2, 0) is 22.3 Å². The van der Waals surface area contributed by atoms with Gasteiger partial charge in [0.05, 0.1) is 24.3 Å². The molecular formula is C15H13F3N2O3. The Labute approximate surface area is 130 Å². The molecule has 0 spiro atoms. The Balaban J connectivity index is 1.69. The van der Waals surface area contributed by atoms with E-state index < -0.39 is 18.0 Å². The quantitative estimate of drug-likeness (QED) is 0.864. The highest BCUT2D eigenvalue weighted by molar-refractivity contribution is 5.27. The Morgan fingerprint density at radius 3 is 2.48 bits per heavy atom. The standard InChI is InChI=1S/C15H13F3N2O3/c16-15(17,18)11-3-1-10(2-4-11)8-23-13-12(7-19-9-20-13)14-21-5-6-22-14/h1-4,7,9,14H,5-6,8H2. The van der Waals surface area contributed by atoms with Gasteiger partial charge in [0.15, 0.2) is 6.29 Å². The topological polar surface area (TPSA) is 53.5 Å². The van der Waals surface area contributed by atoms with Gasteiger partial charge in [-0.15, -0.1) is 0 Å². The number of rotatable bonds is 4. The van der Waals surface area contributed by atoms with Crippen LogP contribution in [0.3, 0.4) is 0 Å². The van der Waals surface area contributed by atoms with Crippen molar-refractivity contribution in [1.29, 1.82) is 0 Å². The highest BCUT2D eigenvalue weighted by Crippen LogP contribution is 2.30. The predicted molar refractivity (Wildman–Crippen MR) is 72.5 cm³/mol. The van der Waals surface area contributed by atoms with E-state index in [9.17, 15) is 13.2 Å². The molecule has 0 atom stereocenters. The highest BCUT2D eigenvalue weighted by atomic mass is 19.4. The third-order valence-electron chi connectivity index (χ3n) is 3.23.